The molecule has 0 radical (unpaired) electrons. The summed E-state index contributed by atoms with van der Waals surface area (Å²) in [4.78, 5) is 26.0. The first-order chi connectivity index (χ1) is 14.1. The minimum atomic E-state index is -0.303. The van der Waals surface area contributed by atoms with Crippen molar-refractivity contribution in [2.75, 3.05) is 5.32 Å². The van der Waals surface area contributed by atoms with E-state index in [1.54, 1.807) is 25.1 Å². The maximum Gasteiger partial charge on any atom is 0.259 e. The molecular formula is C25H21NO3. The van der Waals surface area contributed by atoms with Crippen LogP contribution in [0.4, 0.5) is 5.69 Å². The first-order valence-corrected chi connectivity index (χ1v) is 9.61. The molecular weight excluding hydrogens is 362 g/mol. The van der Waals surface area contributed by atoms with Crippen LogP contribution in [0.2, 0.25) is 0 Å². The highest BCUT2D eigenvalue weighted by Crippen LogP contribution is 2.28. The van der Waals surface area contributed by atoms with Crippen molar-refractivity contribution in [1.29, 1.82) is 0 Å². The lowest BCUT2D eigenvalue weighted by atomic mass is 10.0. The molecule has 0 aliphatic heterocycles. The number of carbonyl (C=O) groups is 1. The standard InChI is InChI=1S/C25H21NO3/c1-3-17-10-7-8-15-21(17)26-25(28)20-14-9-13-19-22(27)16(2)23(29-24(19)20)18-11-5-4-6-12-18/h4-15H,3H2,1-2H3,(H,26,28). The number of carbonyl (C=O) groups excluding carboxylic acids is 1. The molecule has 4 rings (SSSR count). The zero-order valence-electron chi connectivity index (χ0n) is 16.4. The lowest BCUT2D eigenvalue weighted by Crippen LogP contribution is -2.15. The van der Waals surface area contributed by atoms with E-state index in [1.807, 2.05) is 61.5 Å². The van der Waals surface area contributed by atoms with Crippen LogP contribution in [0, 0.1) is 6.92 Å². The Morgan fingerprint density at radius 2 is 1.66 bits per heavy atom. The second-order valence-electron chi connectivity index (χ2n) is 6.90. The fourth-order valence-electron chi connectivity index (χ4n) is 3.49. The Morgan fingerprint density at radius 3 is 2.41 bits per heavy atom. The van der Waals surface area contributed by atoms with Crippen molar-refractivity contribution >= 4 is 22.6 Å². The van der Waals surface area contributed by atoms with Crippen LogP contribution in [-0.4, -0.2) is 5.91 Å². The summed E-state index contributed by atoms with van der Waals surface area (Å²) in [5, 5.41) is 3.36. The smallest absolute Gasteiger partial charge is 0.259 e. The van der Waals surface area contributed by atoms with Gasteiger partial charge in [-0.3, -0.25) is 9.59 Å². The molecule has 0 fully saturated rings. The molecule has 0 spiro atoms. The van der Waals surface area contributed by atoms with Gasteiger partial charge in [0, 0.05) is 16.8 Å². The Kier molecular flexibility index (Phi) is 5.00. The van der Waals surface area contributed by atoms with Gasteiger partial charge >= 0.3 is 0 Å². The van der Waals surface area contributed by atoms with Gasteiger partial charge in [0.15, 0.2) is 11.0 Å². The minimum absolute atomic E-state index is 0.131. The van der Waals surface area contributed by atoms with Crippen LogP contribution in [0.1, 0.15) is 28.4 Å². The van der Waals surface area contributed by atoms with E-state index in [-0.39, 0.29) is 11.3 Å². The van der Waals surface area contributed by atoms with Crippen LogP contribution in [0.3, 0.4) is 0 Å². The zero-order chi connectivity index (χ0) is 20.4. The molecule has 4 nitrogen and oxygen atoms in total. The summed E-state index contributed by atoms with van der Waals surface area (Å²) in [6.45, 7) is 3.79. The Bertz CT molecular complexity index is 1260. The number of anilines is 1. The topological polar surface area (TPSA) is 59.3 Å². The number of fused-ring (bicyclic) bond motifs is 1. The van der Waals surface area contributed by atoms with Crippen LogP contribution in [0.25, 0.3) is 22.3 Å². The second-order valence-corrected chi connectivity index (χ2v) is 6.90. The van der Waals surface area contributed by atoms with E-state index in [0.717, 1.165) is 23.2 Å². The number of nitrogens with one attached hydrogen (secondary N) is 1. The van der Waals surface area contributed by atoms with E-state index in [0.29, 0.717) is 27.9 Å². The summed E-state index contributed by atoms with van der Waals surface area (Å²) >= 11 is 0. The van der Waals surface area contributed by atoms with E-state index >= 15 is 0 Å². The van der Waals surface area contributed by atoms with Crippen LogP contribution in [0.5, 0.6) is 0 Å². The first-order valence-electron chi connectivity index (χ1n) is 9.61. The molecule has 0 bridgehead atoms. The summed E-state index contributed by atoms with van der Waals surface area (Å²) in [6.07, 6.45) is 0.804. The van der Waals surface area contributed by atoms with Gasteiger partial charge in [0.2, 0.25) is 0 Å². The molecule has 1 N–H and O–H groups in total. The average Bonchev–Trinajstić information content (AvgIpc) is 2.76. The number of para-hydroxylation sites is 2. The van der Waals surface area contributed by atoms with Gasteiger partial charge in [-0.1, -0.05) is 61.5 Å². The molecule has 1 aromatic heterocycles. The van der Waals surface area contributed by atoms with Gasteiger partial charge in [-0.05, 0) is 37.1 Å². The van der Waals surface area contributed by atoms with E-state index in [1.165, 1.54) is 0 Å². The Morgan fingerprint density at radius 1 is 0.931 bits per heavy atom. The first kappa shape index (κ1) is 18.7. The molecule has 144 valence electrons. The minimum Gasteiger partial charge on any atom is -0.455 e. The maximum absolute atomic E-state index is 13.1. The molecule has 0 unspecified atom stereocenters. The van der Waals surface area contributed by atoms with E-state index in [9.17, 15) is 9.59 Å². The molecule has 4 heteroatoms. The van der Waals surface area contributed by atoms with Gasteiger partial charge in [-0.25, -0.2) is 0 Å². The van der Waals surface area contributed by atoms with Crippen molar-refractivity contribution in [3.63, 3.8) is 0 Å². The average molecular weight is 383 g/mol. The van der Waals surface area contributed by atoms with Crippen LogP contribution in [0.15, 0.2) is 82.0 Å². The van der Waals surface area contributed by atoms with Gasteiger partial charge < -0.3 is 9.73 Å². The zero-order valence-corrected chi connectivity index (χ0v) is 16.4. The Balaban J connectivity index is 1.86. The molecule has 3 aromatic carbocycles. The Hall–Kier alpha value is -3.66. The molecule has 1 heterocycles. The molecule has 0 atom stereocenters. The fraction of sp³-hybridized carbons (Fsp3) is 0.120. The molecule has 0 saturated heterocycles. The highest BCUT2D eigenvalue weighted by Gasteiger charge is 2.18. The van der Waals surface area contributed by atoms with E-state index in [2.05, 4.69) is 5.32 Å². The number of rotatable bonds is 4. The normalized spacial score (nSPS) is 10.8. The van der Waals surface area contributed by atoms with Crippen molar-refractivity contribution in [3.05, 3.63) is 99.7 Å². The summed E-state index contributed by atoms with van der Waals surface area (Å²) in [6, 6.07) is 22.2. The number of aryl methyl sites for hydroxylation is 1. The predicted octanol–water partition coefficient (Wildman–Crippen LogP) is 5.58. The second kappa shape index (κ2) is 7.76. The Labute approximate surface area is 168 Å². The third-order valence-electron chi connectivity index (χ3n) is 5.07. The number of amides is 1. The fourth-order valence-corrected chi connectivity index (χ4v) is 3.49. The molecule has 4 aromatic rings. The monoisotopic (exact) mass is 383 g/mol. The van der Waals surface area contributed by atoms with E-state index < -0.39 is 0 Å². The van der Waals surface area contributed by atoms with Crippen LogP contribution >= 0.6 is 0 Å². The number of hydrogen-bond acceptors (Lipinski definition) is 3. The van der Waals surface area contributed by atoms with Gasteiger partial charge in [-0.15, -0.1) is 0 Å². The number of hydrogen-bond donors (Lipinski definition) is 1. The quantitative estimate of drug-likeness (QED) is 0.500. The maximum atomic E-state index is 13.1. The van der Waals surface area contributed by atoms with Crippen molar-refractivity contribution in [3.8, 4) is 11.3 Å². The SMILES string of the molecule is CCc1ccccc1NC(=O)c1cccc2c(=O)c(C)c(-c3ccccc3)oc12. The third-order valence-corrected chi connectivity index (χ3v) is 5.07. The number of benzene rings is 3. The molecule has 0 aliphatic carbocycles. The molecule has 29 heavy (non-hydrogen) atoms. The van der Waals surface area contributed by atoms with E-state index in [4.69, 9.17) is 4.42 Å². The van der Waals surface area contributed by atoms with Gasteiger partial charge in [0.1, 0.15) is 5.76 Å². The predicted molar refractivity (Wildman–Crippen MR) is 116 cm³/mol. The van der Waals surface area contributed by atoms with Crippen molar-refractivity contribution in [1.82, 2.24) is 0 Å². The van der Waals surface area contributed by atoms with Crippen LogP contribution in [-0.2, 0) is 6.42 Å². The van der Waals surface area contributed by atoms with Crippen molar-refractivity contribution in [2.45, 2.75) is 20.3 Å². The summed E-state index contributed by atoms with van der Waals surface area (Å²) < 4.78 is 6.15. The molecule has 0 saturated carbocycles. The van der Waals surface area contributed by atoms with Crippen molar-refractivity contribution < 1.29 is 9.21 Å². The molecule has 0 aliphatic rings. The highest BCUT2D eigenvalue weighted by atomic mass is 16.3. The van der Waals surface area contributed by atoms with Crippen LogP contribution < -0.4 is 10.7 Å². The summed E-state index contributed by atoms with van der Waals surface area (Å²) in [7, 11) is 0. The van der Waals surface area contributed by atoms with Crippen molar-refractivity contribution in [2.24, 2.45) is 0 Å². The van der Waals surface area contributed by atoms with Gasteiger partial charge in [0.25, 0.3) is 5.91 Å². The largest absolute Gasteiger partial charge is 0.455 e. The lowest BCUT2D eigenvalue weighted by molar-refractivity contribution is 0.102. The highest BCUT2D eigenvalue weighted by molar-refractivity contribution is 6.11. The van der Waals surface area contributed by atoms with Gasteiger partial charge in [-0.2, -0.15) is 0 Å². The third kappa shape index (κ3) is 3.45. The lowest BCUT2D eigenvalue weighted by Gasteiger charge is -2.12. The summed E-state index contributed by atoms with van der Waals surface area (Å²) in [5.74, 6) is 0.180. The molecule has 1 amide bonds. The van der Waals surface area contributed by atoms with Gasteiger partial charge in [0.05, 0.1) is 10.9 Å². The summed E-state index contributed by atoms with van der Waals surface area (Å²) in [5.41, 5.74) is 3.64.